The van der Waals surface area contributed by atoms with Gasteiger partial charge in [-0.15, -0.1) is 0 Å². The number of imidazole rings is 1. The fourth-order valence-corrected chi connectivity index (χ4v) is 3.11. The van der Waals surface area contributed by atoms with Gasteiger partial charge >= 0.3 is 12.1 Å². The molecule has 5 atom stereocenters. The number of rotatable bonds is 12. The fourth-order valence-electron chi connectivity index (χ4n) is 3.11. The number of carbonyl (C=O) groups is 3. The number of aromatic nitrogens is 2. The van der Waals surface area contributed by atoms with Crippen LogP contribution in [0.3, 0.4) is 0 Å². The standard InChI is InChI=1S/C19H30N4O9/c1-11(24)23-15-17(28)16(27)13(32-18(15)30-7-3-2-4-14(25)26)9-31-19(29)21-6-5-12-8-20-10-22-12/h8,10,13,15-18,27-28H,2-7,9H2,1H3,(H,20,22)(H,21,29)(H,23,24)(H,25,26). The van der Waals surface area contributed by atoms with Crippen LogP contribution in [0.5, 0.6) is 0 Å². The molecule has 6 N–H and O–H groups in total. The average molecular weight is 458 g/mol. The molecule has 1 saturated heterocycles. The maximum atomic E-state index is 11.9. The lowest BCUT2D eigenvalue weighted by molar-refractivity contribution is -0.270. The second-order valence-corrected chi connectivity index (χ2v) is 7.32. The minimum absolute atomic E-state index is 0.0166. The third-order valence-corrected chi connectivity index (χ3v) is 4.74. The summed E-state index contributed by atoms with van der Waals surface area (Å²) < 4.78 is 16.3. The highest BCUT2D eigenvalue weighted by atomic mass is 16.7. The highest BCUT2D eigenvalue weighted by molar-refractivity contribution is 5.73. The van der Waals surface area contributed by atoms with Crippen molar-refractivity contribution in [2.45, 2.75) is 63.3 Å². The first kappa shape index (κ1) is 25.5. The van der Waals surface area contributed by atoms with Gasteiger partial charge in [-0.3, -0.25) is 9.59 Å². The molecular formula is C19H30N4O9. The number of carboxylic acid groups (broad SMARTS) is 1. The van der Waals surface area contributed by atoms with Crippen molar-refractivity contribution < 1.29 is 43.9 Å². The van der Waals surface area contributed by atoms with E-state index in [1.807, 2.05) is 0 Å². The fraction of sp³-hybridized carbons (Fsp3) is 0.684. The molecular weight excluding hydrogens is 428 g/mol. The summed E-state index contributed by atoms with van der Waals surface area (Å²) in [5.41, 5.74) is 0.840. The predicted molar refractivity (Wildman–Crippen MR) is 107 cm³/mol. The minimum Gasteiger partial charge on any atom is -0.481 e. The van der Waals surface area contributed by atoms with Crippen LogP contribution in [0.2, 0.25) is 0 Å². The monoisotopic (exact) mass is 458 g/mol. The summed E-state index contributed by atoms with van der Waals surface area (Å²) in [6.45, 7) is 1.29. The van der Waals surface area contributed by atoms with Crippen LogP contribution < -0.4 is 10.6 Å². The Balaban J connectivity index is 1.84. The van der Waals surface area contributed by atoms with Crippen LogP contribution in [0, 0.1) is 0 Å². The molecule has 2 rings (SSSR count). The second kappa shape index (κ2) is 13.0. The Morgan fingerprint density at radius 1 is 1.25 bits per heavy atom. The topological polar surface area (TPSA) is 192 Å². The van der Waals surface area contributed by atoms with Crippen molar-refractivity contribution in [1.82, 2.24) is 20.6 Å². The van der Waals surface area contributed by atoms with Gasteiger partial charge in [-0.1, -0.05) is 0 Å². The van der Waals surface area contributed by atoms with Gasteiger partial charge in [-0.05, 0) is 12.8 Å². The first-order valence-electron chi connectivity index (χ1n) is 10.3. The number of hydrogen-bond acceptors (Lipinski definition) is 9. The molecule has 1 aromatic rings. The van der Waals surface area contributed by atoms with E-state index in [0.29, 0.717) is 25.8 Å². The third kappa shape index (κ3) is 8.42. The summed E-state index contributed by atoms with van der Waals surface area (Å²) in [6.07, 6.45) is -1.38. The van der Waals surface area contributed by atoms with Crippen molar-refractivity contribution in [3.8, 4) is 0 Å². The molecule has 0 saturated carbocycles. The van der Waals surface area contributed by atoms with E-state index < -0.39 is 48.6 Å². The number of aromatic amines is 1. The number of unbranched alkanes of at least 4 members (excludes halogenated alkanes) is 1. The Labute approximate surface area is 184 Å². The summed E-state index contributed by atoms with van der Waals surface area (Å²) in [7, 11) is 0. The highest BCUT2D eigenvalue weighted by Gasteiger charge is 2.46. The summed E-state index contributed by atoms with van der Waals surface area (Å²) in [5.74, 6) is -1.38. The maximum absolute atomic E-state index is 11.9. The van der Waals surface area contributed by atoms with E-state index in [2.05, 4.69) is 20.6 Å². The van der Waals surface area contributed by atoms with Gasteiger partial charge in [-0.2, -0.15) is 0 Å². The molecule has 180 valence electrons. The van der Waals surface area contributed by atoms with Gasteiger partial charge in [0.2, 0.25) is 5.91 Å². The molecule has 13 heteroatoms. The number of aliphatic carboxylic acids is 1. The molecule has 1 fully saturated rings. The molecule has 0 radical (unpaired) electrons. The number of carbonyl (C=O) groups excluding carboxylic acids is 2. The molecule has 2 amide bonds. The first-order valence-corrected chi connectivity index (χ1v) is 10.3. The number of alkyl carbamates (subject to hydrolysis) is 1. The lowest BCUT2D eigenvalue weighted by atomic mass is 9.97. The Kier molecular flexibility index (Phi) is 10.3. The number of ether oxygens (including phenoxy) is 3. The van der Waals surface area contributed by atoms with Gasteiger partial charge in [0.1, 0.15) is 31.0 Å². The lowest BCUT2D eigenvalue weighted by Crippen LogP contribution is -2.64. The van der Waals surface area contributed by atoms with Crippen molar-refractivity contribution in [2.24, 2.45) is 0 Å². The molecule has 1 aromatic heterocycles. The largest absolute Gasteiger partial charge is 0.481 e. The van der Waals surface area contributed by atoms with Crippen molar-refractivity contribution in [3.63, 3.8) is 0 Å². The Hall–Kier alpha value is -2.74. The van der Waals surface area contributed by atoms with E-state index in [4.69, 9.17) is 19.3 Å². The molecule has 5 unspecified atom stereocenters. The quantitative estimate of drug-likeness (QED) is 0.209. The molecule has 1 aliphatic rings. The van der Waals surface area contributed by atoms with E-state index >= 15 is 0 Å². The summed E-state index contributed by atoms with van der Waals surface area (Å²) in [6, 6.07) is -1.05. The number of amides is 2. The summed E-state index contributed by atoms with van der Waals surface area (Å²) in [4.78, 5) is 40.7. The van der Waals surface area contributed by atoms with Gasteiger partial charge < -0.3 is 45.1 Å². The van der Waals surface area contributed by atoms with Gasteiger partial charge in [0.25, 0.3) is 0 Å². The molecule has 1 aliphatic heterocycles. The van der Waals surface area contributed by atoms with Crippen LogP contribution >= 0.6 is 0 Å². The number of nitrogens with one attached hydrogen (secondary N) is 3. The zero-order valence-electron chi connectivity index (χ0n) is 17.7. The van der Waals surface area contributed by atoms with Crippen LogP contribution in [0.1, 0.15) is 31.9 Å². The second-order valence-electron chi connectivity index (χ2n) is 7.32. The van der Waals surface area contributed by atoms with Crippen LogP contribution in [0.15, 0.2) is 12.5 Å². The maximum Gasteiger partial charge on any atom is 0.407 e. The number of H-pyrrole nitrogens is 1. The van der Waals surface area contributed by atoms with Gasteiger partial charge in [0, 0.05) is 44.8 Å². The van der Waals surface area contributed by atoms with Crippen LogP contribution in [-0.2, 0) is 30.2 Å². The summed E-state index contributed by atoms with van der Waals surface area (Å²) in [5, 5.41) is 34.5. The Bertz CT molecular complexity index is 730. The van der Waals surface area contributed by atoms with Gasteiger partial charge in [0.15, 0.2) is 6.29 Å². The van der Waals surface area contributed by atoms with Crippen molar-refractivity contribution >= 4 is 18.0 Å². The SMILES string of the molecule is CC(=O)NC1C(OCCCCC(=O)O)OC(COC(=O)NCCc2cnc[nH]2)C(O)C1O. The minimum atomic E-state index is -1.45. The number of aliphatic hydroxyl groups is 2. The molecule has 0 spiro atoms. The van der Waals surface area contributed by atoms with Crippen molar-refractivity contribution in [2.75, 3.05) is 19.8 Å². The number of aliphatic hydroxyl groups excluding tert-OH is 2. The van der Waals surface area contributed by atoms with Crippen LogP contribution in [0.4, 0.5) is 4.79 Å². The van der Waals surface area contributed by atoms with Crippen molar-refractivity contribution in [3.05, 3.63) is 18.2 Å². The van der Waals surface area contributed by atoms with Gasteiger partial charge in [0.05, 0.1) is 6.33 Å². The first-order chi connectivity index (χ1) is 15.3. The lowest BCUT2D eigenvalue weighted by Gasteiger charge is -2.42. The van der Waals surface area contributed by atoms with E-state index in [-0.39, 0.29) is 19.6 Å². The van der Waals surface area contributed by atoms with E-state index in [1.165, 1.54) is 13.3 Å². The summed E-state index contributed by atoms with van der Waals surface area (Å²) >= 11 is 0. The van der Waals surface area contributed by atoms with Crippen molar-refractivity contribution in [1.29, 1.82) is 0 Å². The van der Waals surface area contributed by atoms with E-state index in [1.54, 1.807) is 6.20 Å². The molecule has 0 aliphatic carbocycles. The van der Waals surface area contributed by atoms with E-state index in [0.717, 1.165) is 5.69 Å². The zero-order valence-corrected chi connectivity index (χ0v) is 17.7. The normalized spacial score (nSPS) is 25.2. The van der Waals surface area contributed by atoms with E-state index in [9.17, 15) is 24.6 Å². The Morgan fingerprint density at radius 2 is 2.03 bits per heavy atom. The van der Waals surface area contributed by atoms with Crippen LogP contribution in [-0.4, -0.2) is 93.7 Å². The Morgan fingerprint density at radius 3 is 2.69 bits per heavy atom. The molecule has 2 heterocycles. The highest BCUT2D eigenvalue weighted by Crippen LogP contribution is 2.23. The number of nitrogens with zero attached hydrogens (tertiary/aromatic N) is 1. The molecule has 32 heavy (non-hydrogen) atoms. The van der Waals surface area contributed by atoms with Gasteiger partial charge in [-0.25, -0.2) is 9.78 Å². The number of carboxylic acids is 1. The molecule has 13 nitrogen and oxygen atoms in total. The predicted octanol–water partition coefficient (Wildman–Crippen LogP) is -1.10. The molecule has 0 aromatic carbocycles. The smallest absolute Gasteiger partial charge is 0.407 e. The zero-order chi connectivity index (χ0) is 23.5. The third-order valence-electron chi connectivity index (χ3n) is 4.74. The molecule has 0 bridgehead atoms. The number of hydrogen-bond donors (Lipinski definition) is 6. The van der Waals surface area contributed by atoms with Crippen LogP contribution in [0.25, 0.3) is 0 Å². The average Bonchev–Trinajstić information content (AvgIpc) is 3.24.